The van der Waals surface area contributed by atoms with Gasteiger partial charge in [0.1, 0.15) is 5.82 Å². The average Bonchev–Trinajstić information content (AvgIpc) is 2.46. The van der Waals surface area contributed by atoms with Crippen LogP contribution in [0.15, 0.2) is 24.3 Å². The molecule has 0 aromatic heterocycles. The lowest BCUT2D eigenvalue weighted by molar-refractivity contribution is 0.0296. The molecule has 1 aliphatic rings. The number of rotatable bonds is 5. The van der Waals surface area contributed by atoms with Crippen molar-refractivity contribution >= 4 is 6.09 Å². The topological polar surface area (TPSA) is 81.6 Å². The Kier molecular flexibility index (Phi) is 5.59. The fourth-order valence-corrected chi connectivity index (χ4v) is 3.18. The fourth-order valence-electron chi connectivity index (χ4n) is 3.18. The molecule has 5 nitrogen and oxygen atoms in total. The van der Waals surface area contributed by atoms with Gasteiger partial charge in [0.05, 0.1) is 11.6 Å². The van der Waals surface area contributed by atoms with Crippen molar-refractivity contribution in [1.82, 2.24) is 10.6 Å². The van der Waals surface area contributed by atoms with Gasteiger partial charge in [-0.2, -0.15) is 0 Å². The third-order valence-electron chi connectivity index (χ3n) is 4.37. The number of hydrogen-bond donors (Lipinski definition) is 4. The molecule has 2 rings (SSSR count). The molecule has 0 bridgehead atoms. The van der Waals surface area contributed by atoms with Gasteiger partial charge in [0, 0.05) is 12.1 Å². The zero-order chi connectivity index (χ0) is 17.0. The Morgan fingerprint density at radius 2 is 1.70 bits per heavy atom. The number of benzene rings is 1. The van der Waals surface area contributed by atoms with Crippen LogP contribution < -0.4 is 10.6 Å². The van der Waals surface area contributed by atoms with Crippen LogP contribution in [0, 0.1) is 5.82 Å². The quantitative estimate of drug-likeness (QED) is 0.671. The minimum absolute atomic E-state index is 0.00282. The van der Waals surface area contributed by atoms with E-state index in [0.717, 1.165) is 31.2 Å². The summed E-state index contributed by atoms with van der Waals surface area (Å²) in [5.41, 5.74) is -0.154. The number of amides is 1. The maximum atomic E-state index is 13.1. The number of nitrogens with one attached hydrogen (secondary N) is 2. The van der Waals surface area contributed by atoms with Gasteiger partial charge < -0.3 is 20.8 Å². The van der Waals surface area contributed by atoms with E-state index in [0.29, 0.717) is 0 Å². The van der Waals surface area contributed by atoms with E-state index in [1.807, 2.05) is 0 Å². The predicted molar refractivity (Wildman–Crippen MR) is 85.8 cm³/mol. The molecule has 0 aliphatic heterocycles. The van der Waals surface area contributed by atoms with E-state index in [1.54, 1.807) is 26.0 Å². The molecule has 1 amide bonds. The highest BCUT2D eigenvalue weighted by atomic mass is 19.1. The van der Waals surface area contributed by atoms with Gasteiger partial charge in [-0.05, 0) is 57.2 Å². The van der Waals surface area contributed by atoms with Crippen LogP contribution in [0.4, 0.5) is 9.18 Å². The van der Waals surface area contributed by atoms with E-state index in [-0.39, 0.29) is 23.9 Å². The van der Waals surface area contributed by atoms with Crippen molar-refractivity contribution in [2.24, 2.45) is 0 Å². The van der Waals surface area contributed by atoms with Crippen LogP contribution in [0.1, 0.15) is 51.1 Å². The first-order chi connectivity index (χ1) is 10.8. The standard InChI is InChI=1S/C17H25FN2O3/c1-17(2,23)15(11-3-5-12(18)6-4-11)19-13-7-9-14(10-8-13)20-16(21)22/h3-6,13-15,19-20,23H,7-10H2,1-2H3,(H,21,22)/t13?,14?,15-/m0/s1. The largest absolute Gasteiger partial charge is 0.465 e. The van der Waals surface area contributed by atoms with E-state index < -0.39 is 11.7 Å². The molecule has 0 unspecified atom stereocenters. The minimum atomic E-state index is -0.992. The number of carbonyl (C=O) groups is 1. The lowest BCUT2D eigenvalue weighted by atomic mass is 9.87. The van der Waals surface area contributed by atoms with Crippen molar-refractivity contribution in [3.05, 3.63) is 35.6 Å². The molecule has 1 aliphatic carbocycles. The summed E-state index contributed by atoms with van der Waals surface area (Å²) >= 11 is 0. The summed E-state index contributed by atoms with van der Waals surface area (Å²) in [5, 5.41) is 25.2. The number of carboxylic acid groups (broad SMARTS) is 1. The molecule has 1 aromatic carbocycles. The Hall–Kier alpha value is -1.66. The Labute approximate surface area is 135 Å². The van der Waals surface area contributed by atoms with Crippen LogP contribution in [0.3, 0.4) is 0 Å². The maximum Gasteiger partial charge on any atom is 0.404 e. The molecule has 1 fully saturated rings. The predicted octanol–water partition coefficient (Wildman–Crippen LogP) is 2.81. The van der Waals surface area contributed by atoms with Crippen LogP contribution in [-0.2, 0) is 0 Å². The maximum absolute atomic E-state index is 13.1. The van der Waals surface area contributed by atoms with E-state index >= 15 is 0 Å². The summed E-state index contributed by atoms with van der Waals surface area (Å²) in [6.45, 7) is 3.46. The molecule has 23 heavy (non-hydrogen) atoms. The van der Waals surface area contributed by atoms with Gasteiger partial charge in [-0.1, -0.05) is 12.1 Å². The smallest absolute Gasteiger partial charge is 0.404 e. The van der Waals surface area contributed by atoms with Crippen LogP contribution in [-0.4, -0.2) is 34.0 Å². The summed E-state index contributed by atoms with van der Waals surface area (Å²) in [4.78, 5) is 10.7. The molecule has 1 saturated carbocycles. The molecule has 6 heteroatoms. The molecular weight excluding hydrogens is 299 g/mol. The average molecular weight is 324 g/mol. The van der Waals surface area contributed by atoms with Crippen LogP contribution in [0.2, 0.25) is 0 Å². The molecule has 1 aromatic rings. The van der Waals surface area contributed by atoms with Gasteiger partial charge in [-0.15, -0.1) is 0 Å². The summed E-state index contributed by atoms with van der Waals surface area (Å²) in [6, 6.07) is 6.04. The second-order valence-corrected chi connectivity index (χ2v) is 6.80. The highest BCUT2D eigenvalue weighted by molar-refractivity contribution is 5.64. The van der Waals surface area contributed by atoms with Crippen molar-refractivity contribution in [1.29, 1.82) is 0 Å². The van der Waals surface area contributed by atoms with E-state index in [9.17, 15) is 14.3 Å². The highest BCUT2D eigenvalue weighted by Gasteiger charge is 2.32. The Balaban J connectivity index is 2.00. The van der Waals surface area contributed by atoms with Gasteiger partial charge in [0.2, 0.25) is 0 Å². The van der Waals surface area contributed by atoms with Crippen molar-refractivity contribution in [3.8, 4) is 0 Å². The molecule has 0 spiro atoms. The van der Waals surface area contributed by atoms with Gasteiger partial charge in [-0.3, -0.25) is 0 Å². The van der Waals surface area contributed by atoms with E-state index in [1.165, 1.54) is 12.1 Å². The third kappa shape index (κ3) is 5.18. The monoisotopic (exact) mass is 324 g/mol. The summed E-state index contributed by atoms with van der Waals surface area (Å²) in [7, 11) is 0. The van der Waals surface area contributed by atoms with Crippen molar-refractivity contribution in [2.75, 3.05) is 0 Å². The Bertz CT molecular complexity index is 520. The van der Waals surface area contributed by atoms with Crippen LogP contribution in [0.5, 0.6) is 0 Å². The molecule has 128 valence electrons. The van der Waals surface area contributed by atoms with Crippen molar-refractivity contribution < 1.29 is 19.4 Å². The fraction of sp³-hybridized carbons (Fsp3) is 0.588. The molecule has 0 saturated heterocycles. The number of halogens is 1. The van der Waals surface area contributed by atoms with E-state index in [2.05, 4.69) is 10.6 Å². The molecule has 4 N–H and O–H groups in total. The van der Waals surface area contributed by atoms with Gasteiger partial charge in [0.25, 0.3) is 0 Å². The summed E-state index contributed by atoms with van der Waals surface area (Å²) in [6.07, 6.45) is 2.22. The van der Waals surface area contributed by atoms with Gasteiger partial charge in [-0.25, -0.2) is 9.18 Å². The van der Waals surface area contributed by atoms with Gasteiger partial charge in [0.15, 0.2) is 0 Å². The first-order valence-corrected chi connectivity index (χ1v) is 7.99. The Morgan fingerprint density at radius 1 is 1.17 bits per heavy atom. The normalized spacial score (nSPS) is 23.3. The lowest BCUT2D eigenvalue weighted by Gasteiger charge is -2.37. The van der Waals surface area contributed by atoms with E-state index in [4.69, 9.17) is 5.11 Å². The lowest BCUT2D eigenvalue weighted by Crippen LogP contribution is -2.47. The molecule has 0 heterocycles. The van der Waals surface area contributed by atoms with Crippen molar-refractivity contribution in [3.63, 3.8) is 0 Å². The molecule has 0 radical (unpaired) electrons. The third-order valence-corrected chi connectivity index (χ3v) is 4.37. The zero-order valence-corrected chi connectivity index (χ0v) is 13.6. The first-order valence-electron chi connectivity index (χ1n) is 7.99. The van der Waals surface area contributed by atoms with Crippen LogP contribution >= 0.6 is 0 Å². The number of hydrogen-bond acceptors (Lipinski definition) is 3. The highest BCUT2D eigenvalue weighted by Crippen LogP contribution is 2.29. The minimum Gasteiger partial charge on any atom is -0.465 e. The first kappa shape index (κ1) is 17.7. The van der Waals surface area contributed by atoms with Crippen LogP contribution in [0.25, 0.3) is 0 Å². The van der Waals surface area contributed by atoms with Gasteiger partial charge >= 0.3 is 6.09 Å². The second kappa shape index (κ2) is 7.27. The summed E-state index contributed by atoms with van der Waals surface area (Å²) in [5.74, 6) is -0.302. The molecular formula is C17H25FN2O3. The number of aliphatic hydroxyl groups is 1. The summed E-state index contributed by atoms with van der Waals surface area (Å²) < 4.78 is 13.1. The Morgan fingerprint density at radius 3 is 2.17 bits per heavy atom. The second-order valence-electron chi connectivity index (χ2n) is 6.80. The molecule has 1 atom stereocenters. The van der Waals surface area contributed by atoms with Crippen molar-refractivity contribution in [2.45, 2.75) is 63.3 Å². The zero-order valence-electron chi connectivity index (χ0n) is 13.6. The SMILES string of the molecule is CC(C)(O)[C@@H](NC1CCC(NC(=O)O)CC1)c1ccc(F)cc1.